The van der Waals surface area contributed by atoms with Crippen LogP contribution in [0.2, 0.25) is 0 Å². The highest BCUT2D eigenvalue weighted by molar-refractivity contribution is 9.10. The molecule has 0 saturated carbocycles. The number of anilines is 2. The summed E-state index contributed by atoms with van der Waals surface area (Å²) in [4.78, 5) is 14.5. The molecular weight excluding hydrogens is 322 g/mol. The van der Waals surface area contributed by atoms with Gasteiger partial charge in [0.1, 0.15) is 5.75 Å². The maximum Gasteiger partial charge on any atom is 0.328 e. The summed E-state index contributed by atoms with van der Waals surface area (Å²) in [7, 11) is 5.48. The van der Waals surface area contributed by atoms with Gasteiger partial charge in [0, 0.05) is 25.6 Å². The molecule has 0 amide bonds. The lowest BCUT2D eigenvalue weighted by Gasteiger charge is -2.13. The van der Waals surface area contributed by atoms with Crippen molar-refractivity contribution in [1.29, 1.82) is 0 Å². The molecule has 0 spiro atoms. The van der Waals surface area contributed by atoms with Crippen LogP contribution in [-0.4, -0.2) is 36.1 Å². The molecule has 2 rings (SSSR count). The van der Waals surface area contributed by atoms with Crippen LogP contribution in [-0.2, 0) is 0 Å². The zero-order valence-electron chi connectivity index (χ0n) is 11.8. The van der Waals surface area contributed by atoms with Crippen molar-refractivity contribution in [1.82, 2.24) is 15.0 Å². The standard InChI is InChI=1S/C13H16BrN5O/c1-8-7-9(14)5-6-10(8)20-13-17-11(15-2)16-12(18-13)19(3)4/h5-7H,1-4H3,(H,15,16,17,18). The molecule has 0 saturated heterocycles. The second kappa shape index (κ2) is 6.04. The number of aromatic nitrogens is 3. The minimum absolute atomic E-state index is 0.262. The lowest BCUT2D eigenvalue weighted by atomic mass is 10.2. The van der Waals surface area contributed by atoms with Crippen LogP contribution >= 0.6 is 15.9 Å². The van der Waals surface area contributed by atoms with Gasteiger partial charge in [-0.05, 0) is 30.7 Å². The highest BCUT2D eigenvalue weighted by atomic mass is 79.9. The molecule has 7 heteroatoms. The van der Waals surface area contributed by atoms with E-state index in [-0.39, 0.29) is 6.01 Å². The maximum absolute atomic E-state index is 5.75. The molecule has 0 radical (unpaired) electrons. The fraction of sp³-hybridized carbons (Fsp3) is 0.308. The van der Waals surface area contributed by atoms with E-state index < -0.39 is 0 Å². The summed E-state index contributed by atoms with van der Waals surface area (Å²) >= 11 is 3.42. The first-order valence-corrected chi connectivity index (χ1v) is 6.84. The summed E-state index contributed by atoms with van der Waals surface area (Å²) in [5.74, 6) is 1.72. The topological polar surface area (TPSA) is 63.2 Å². The summed E-state index contributed by atoms with van der Waals surface area (Å²) in [6, 6.07) is 6.02. The molecule has 2 aromatic rings. The van der Waals surface area contributed by atoms with Gasteiger partial charge in [0.25, 0.3) is 0 Å². The zero-order chi connectivity index (χ0) is 14.7. The largest absolute Gasteiger partial charge is 0.424 e. The minimum atomic E-state index is 0.262. The van der Waals surface area contributed by atoms with Crippen molar-refractivity contribution in [3.8, 4) is 11.8 Å². The van der Waals surface area contributed by atoms with Crippen molar-refractivity contribution in [2.24, 2.45) is 0 Å². The fourth-order valence-electron chi connectivity index (χ4n) is 1.53. The van der Waals surface area contributed by atoms with Gasteiger partial charge in [0.05, 0.1) is 0 Å². The highest BCUT2D eigenvalue weighted by Gasteiger charge is 2.10. The second-order valence-electron chi connectivity index (χ2n) is 4.40. The molecule has 1 N–H and O–H groups in total. The fourth-order valence-corrected chi connectivity index (χ4v) is 2.00. The molecule has 0 unspecified atom stereocenters. The number of hydrogen-bond acceptors (Lipinski definition) is 6. The summed E-state index contributed by atoms with van der Waals surface area (Å²) in [6.45, 7) is 1.97. The van der Waals surface area contributed by atoms with Crippen LogP contribution in [0.25, 0.3) is 0 Å². The third-order valence-electron chi connectivity index (χ3n) is 2.56. The lowest BCUT2D eigenvalue weighted by molar-refractivity contribution is 0.437. The second-order valence-corrected chi connectivity index (χ2v) is 5.31. The van der Waals surface area contributed by atoms with Gasteiger partial charge in [0.15, 0.2) is 0 Å². The monoisotopic (exact) mass is 337 g/mol. The molecule has 0 fully saturated rings. The maximum atomic E-state index is 5.75. The predicted molar refractivity (Wildman–Crippen MR) is 82.7 cm³/mol. The van der Waals surface area contributed by atoms with Crippen LogP contribution in [0.15, 0.2) is 22.7 Å². The number of rotatable bonds is 4. The molecular formula is C13H16BrN5O. The Labute approximate surface area is 126 Å². The number of ether oxygens (including phenoxy) is 1. The van der Waals surface area contributed by atoms with E-state index in [1.165, 1.54) is 0 Å². The number of benzene rings is 1. The molecule has 0 aliphatic heterocycles. The van der Waals surface area contributed by atoms with Crippen LogP contribution in [0, 0.1) is 6.92 Å². The number of nitrogens with one attached hydrogen (secondary N) is 1. The molecule has 0 atom stereocenters. The Morgan fingerprint density at radius 2 is 1.95 bits per heavy atom. The average Bonchev–Trinajstić information content (AvgIpc) is 2.41. The van der Waals surface area contributed by atoms with Crippen molar-refractivity contribution < 1.29 is 4.74 Å². The molecule has 0 aliphatic carbocycles. The zero-order valence-corrected chi connectivity index (χ0v) is 13.4. The van der Waals surface area contributed by atoms with E-state index in [4.69, 9.17) is 4.74 Å². The molecule has 1 aromatic heterocycles. The number of halogens is 1. The van der Waals surface area contributed by atoms with Crippen LogP contribution in [0.3, 0.4) is 0 Å². The Hall–Kier alpha value is -1.89. The third-order valence-corrected chi connectivity index (χ3v) is 3.06. The van der Waals surface area contributed by atoms with Crippen molar-refractivity contribution in [2.45, 2.75) is 6.92 Å². The average molecular weight is 338 g/mol. The third kappa shape index (κ3) is 3.36. The van der Waals surface area contributed by atoms with Crippen LogP contribution in [0.4, 0.5) is 11.9 Å². The molecule has 106 valence electrons. The Kier molecular flexibility index (Phi) is 4.39. The predicted octanol–water partition coefficient (Wildman–Crippen LogP) is 2.84. The Balaban J connectivity index is 2.34. The smallest absolute Gasteiger partial charge is 0.328 e. The molecule has 20 heavy (non-hydrogen) atoms. The molecule has 0 bridgehead atoms. The molecule has 1 aromatic carbocycles. The van der Waals surface area contributed by atoms with E-state index in [0.29, 0.717) is 17.6 Å². The Morgan fingerprint density at radius 3 is 2.55 bits per heavy atom. The van der Waals surface area contributed by atoms with Gasteiger partial charge in [0.2, 0.25) is 11.9 Å². The number of aryl methyl sites for hydroxylation is 1. The molecule has 1 heterocycles. The van der Waals surface area contributed by atoms with Crippen LogP contribution in [0.1, 0.15) is 5.56 Å². The van der Waals surface area contributed by atoms with E-state index in [1.54, 1.807) is 11.9 Å². The van der Waals surface area contributed by atoms with E-state index in [2.05, 4.69) is 36.2 Å². The van der Waals surface area contributed by atoms with E-state index in [0.717, 1.165) is 10.0 Å². The summed E-state index contributed by atoms with van der Waals surface area (Å²) in [6.07, 6.45) is 0. The minimum Gasteiger partial charge on any atom is -0.424 e. The Morgan fingerprint density at radius 1 is 1.20 bits per heavy atom. The van der Waals surface area contributed by atoms with Gasteiger partial charge in [-0.3, -0.25) is 0 Å². The summed E-state index contributed by atoms with van der Waals surface area (Å²) < 4.78 is 6.75. The molecule has 0 aliphatic rings. The van der Waals surface area contributed by atoms with Crippen molar-refractivity contribution in [2.75, 3.05) is 31.4 Å². The van der Waals surface area contributed by atoms with Crippen molar-refractivity contribution in [3.05, 3.63) is 28.2 Å². The van der Waals surface area contributed by atoms with Crippen LogP contribution in [0.5, 0.6) is 11.8 Å². The SMILES string of the molecule is CNc1nc(Oc2ccc(Br)cc2C)nc(N(C)C)n1. The summed E-state index contributed by atoms with van der Waals surface area (Å²) in [5.41, 5.74) is 0.997. The highest BCUT2D eigenvalue weighted by Crippen LogP contribution is 2.26. The first-order chi connectivity index (χ1) is 9.49. The van der Waals surface area contributed by atoms with Crippen LogP contribution < -0.4 is 15.0 Å². The van der Waals surface area contributed by atoms with Gasteiger partial charge < -0.3 is 15.0 Å². The lowest BCUT2D eigenvalue weighted by Crippen LogP contribution is -2.15. The van der Waals surface area contributed by atoms with Gasteiger partial charge in [-0.1, -0.05) is 15.9 Å². The van der Waals surface area contributed by atoms with E-state index in [1.807, 2.05) is 39.2 Å². The van der Waals surface area contributed by atoms with Crippen molar-refractivity contribution in [3.63, 3.8) is 0 Å². The van der Waals surface area contributed by atoms with Crippen molar-refractivity contribution >= 4 is 27.8 Å². The number of hydrogen-bond donors (Lipinski definition) is 1. The summed E-state index contributed by atoms with van der Waals surface area (Å²) in [5, 5.41) is 2.90. The van der Waals surface area contributed by atoms with E-state index in [9.17, 15) is 0 Å². The van der Waals surface area contributed by atoms with Gasteiger partial charge in [-0.15, -0.1) is 0 Å². The first kappa shape index (κ1) is 14.5. The van der Waals surface area contributed by atoms with Gasteiger partial charge in [-0.25, -0.2) is 0 Å². The van der Waals surface area contributed by atoms with Gasteiger partial charge in [-0.2, -0.15) is 15.0 Å². The number of nitrogens with zero attached hydrogens (tertiary/aromatic N) is 4. The quantitative estimate of drug-likeness (QED) is 0.925. The molecule has 6 nitrogen and oxygen atoms in total. The Bertz CT molecular complexity index is 618. The van der Waals surface area contributed by atoms with Gasteiger partial charge >= 0.3 is 6.01 Å². The van der Waals surface area contributed by atoms with E-state index >= 15 is 0 Å². The first-order valence-electron chi connectivity index (χ1n) is 6.04. The normalized spacial score (nSPS) is 10.2.